The van der Waals surface area contributed by atoms with E-state index in [2.05, 4.69) is 21.4 Å². The third-order valence-electron chi connectivity index (χ3n) is 3.98. The molecule has 23 heavy (non-hydrogen) atoms. The fourth-order valence-electron chi connectivity index (χ4n) is 2.68. The van der Waals surface area contributed by atoms with Gasteiger partial charge in [0.25, 0.3) is 5.91 Å². The molecule has 1 N–H and O–H groups in total. The van der Waals surface area contributed by atoms with Gasteiger partial charge < -0.3 is 10.2 Å². The Morgan fingerprint density at radius 1 is 1.22 bits per heavy atom. The van der Waals surface area contributed by atoms with Crippen LogP contribution in [0, 0.1) is 11.3 Å². The number of rotatable bonds is 3. The molecular formula is C17H17N5O. The first kappa shape index (κ1) is 15.0. The summed E-state index contributed by atoms with van der Waals surface area (Å²) in [7, 11) is 0. The summed E-state index contributed by atoms with van der Waals surface area (Å²) in [5.74, 6) is 0.840. The maximum Gasteiger partial charge on any atom is 0.253 e. The predicted molar refractivity (Wildman–Crippen MR) is 85.7 cm³/mol. The molecule has 116 valence electrons. The van der Waals surface area contributed by atoms with Crippen molar-refractivity contribution in [2.24, 2.45) is 0 Å². The first-order chi connectivity index (χ1) is 11.3. The van der Waals surface area contributed by atoms with E-state index in [-0.39, 0.29) is 5.91 Å². The number of piperidine rings is 1. The molecule has 6 heteroatoms. The second-order valence-corrected chi connectivity index (χ2v) is 5.49. The van der Waals surface area contributed by atoms with Gasteiger partial charge in [0.2, 0.25) is 0 Å². The van der Waals surface area contributed by atoms with Crippen molar-refractivity contribution in [3.8, 4) is 6.07 Å². The standard InChI is InChI=1S/C17H17N5O/c18-11-13-1-3-14(4-2-13)17(23)22-9-6-15(7-10-22)21-16-5-8-19-12-20-16/h1-5,8,12,15H,6-7,9-10H2,(H,19,20,21). The Morgan fingerprint density at radius 3 is 2.57 bits per heavy atom. The summed E-state index contributed by atoms with van der Waals surface area (Å²) >= 11 is 0. The topological polar surface area (TPSA) is 81.9 Å². The molecule has 3 rings (SSSR count). The number of anilines is 1. The van der Waals surface area contributed by atoms with E-state index in [1.807, 2.05) is 11.0 Å². The van der Waals surface area contributed by atoms with Crippen molar-refractivity contribution < 1.29 is 4.79 Å². The van der Waals surface area contributed by atoms with E-state index in [0.29, 0.717) is 30.3 Å². The summed E-state index contributed by atoms with van der Waals surface area (Å²) in [5.41, 5.74) is 1.19. The van der Waals surface area contributed by atoms with Gasteiger partial charge in [-0.2, -0.15) is 5.26 Å². The van der Waals surface area contributed by atoms with Crippen molar-refractivity contribution >= 4 is 11.7 Å². The minimum absolute atomic E-state index is 0.0231. The van der Waals surface area contributed by atoms with Gasteiger partial charge in [-0.3, -0.25) is 4.79 Å². The number of nitrogens with zero attached hydrogens (tertiary/aromatic N) is 4. The molecular weight excluding hydrogens is 290 g/mol. The van der Waals surface area contributed by atoms with Crippen LogP contribution in [0.1, 0.15) is 28.8 Å². The quantitative estimate of drug-likeness (QED) is 0.938. The lowest BCUT2D eigenvalue weighted by molar-refractivity contribution is 0.0718. The Kier molecular flexibility index (Phi) is 4.48. The Balaban J connectivity index is 1.56. The average Bonchev–Trinajstić information content (AvgIpc) is 2.63. The van der Waals surface area contributed by atoms with Crippen LogP contribution in [-0.4, -0.2) is 39.9 Å². The fourth-order valence-corrected chi connectivity index (χ4v) is 2.68. The molecule has 1 aromatic heterocycles. The molecule has 1 saturated heterocycles. The normalized spacial score (nSPS) is 15.0. The van der Waals surface area contributed by atoms with Crippen molar-refractivity contribution in [2.75, 3.05) is 18.4 Å². The molecule has 2 heterocycles. The minimum atomic E-state index is 0.0231. The molecule has 0 unspecified atom stereocenters. The summed E-state index contributed by atoms with van der Waals surface area (Å²) in [4.78, 5) is 22.4. The molecule has 0 bridgehead atoms. The van der Waals surface area contributed by atoms with Crippen LogP contribution >= 0.6 is 0 Å². The van der Waals surface area contributed by atoms with Crippen molar-refractivity contribution in [3.63, 3.8) is 0 Å². The molecule has 0 saturated carbocycles. The third-order valence-corrected chi connectivity index (χ3v) is 3.98. The second kappa shape index (κ2) is 6.88. The highest BCUT2D eigenvalue weighted by Crippen LogP contribution is 2.17. The third kappa shape index (κ3) is 3.64. The molecule has 1 aliphatic heterocycles. The van der Waals surface area contributed by atoms with Crippen LogP contribution in [0.2, 0.25) is 0 Å². The zero-order valence-corrected chi connectivity index (χ0v) is 12.6. The Labute approximate surface area is 134 Å². The van der Waals surface area contributed by atoms with E-state index in [9.17, 15) is 4.79 Å². The van der Waals surface area contributed by atoms with Crippen LogP contribution in [0.4, 0.5) is 5.82 Å². The highest BCUT2D eigenvalue weighted by atomic mass is 16.2. The molecule has 6 nitrogen and oxygen atoms in total. The van der Waals surface area contributed by atoms with Gasteiger partial charge in [-0.1, -0.05) is 0 Å². The van der Waals surface area contributed by atoms with E-state index >= 15 is 0 Å². The zero-order chi connectivity index (χ0) is 16.1. The predicted octanol–water partition coefficient (Wildman–Crippen LogP) is 2.06. The molecule has 0 aliphatic carbocycles. The molecule has 0 spiro atoms. The fraction of sp³-hybridized carbons (Fsp3) is 0.294. The van der Waals surface area contributed by atoms with Crippen LogP contribution in [0.15, 0.2) is 42.9 Å². The van der Waals surface area contributed by atoms with Crippen LogP contribution < -0.4 is 5.32 Å². The van der Waals surface area contributed by atoms with Gasteiger partial charge in [0, 0.05) is 30.9 Å². The van der Waals surface area contributed by atoms with Crippen LogP contribution in [0.25, 0.3) is 0 Å². The van der Waals surface area contributed by atoms with E-state index < -0.39 is 0 Å². The Morgan fingerprint density at radius 2 is 1.96 bits per heavy atom. The number of hydrogen-bond donors (Lipinski definition) is 1. The number of likely N-dealkylation sites (tertiary alicyclic amines) is 1. The van der Waals surface area contributed by atoms with Gasteiger partial charge in [0.1, 0.15) is 12.1 Å². The van der Waals surface area contributed by atoms with E-state index in [1.165, 1.54) is 6.33 Å². The number of aromatic nitrogens is 2. The van der Waals surface area contributed by atoms with Crippen molar-refractivity contribution in [1.29, 1.82) is 5.26 Å². The van der Waals surface area contributed by atoms with Crippen LogP contribution in [0.3, 0.4) is 0 Å². The minimum Gasteiger partial charge on any atom is -0.367 e. The van der Waals surface area contributed by atoms with Crippen LogP contribution in [0.5, 0.6) is 0 Å². The molecule has 1 amide bonds. The maximum absolute atomic E-state index is 12.5. The van der Waals surface area contributed by atoms with Gasteiger partial charge in [0.15, 0.2) is 0 Å². The lowest BCUT2D eigenvalue weighted by Crippen LogP contribution is -2.42. The number of carbonyl (C=O) groups excluding carboxylic acids is 1. The van der Waals surface area contributed by atoms with Crippen molar-refractivity contribution in [2.45, 2.75) is 18.9 Å². The number of nitriles is 1. The summed E-state index contributed by atoms with van der Waals surface area (Å²) < 4.78 is 0. The molecule has 0 atom stereocenters. The Bertz CT molecular complexity index is 700. The van der Waals surface area contributed by atoms with E-state index in [0.717, 1.165) is 18.7 Å². The largest absolute Gasteiger partial charge is 0.367 e. The van der Waals surface area contributed by atoms with Gasteiger partial charge in [-0.15, -0.1) is 0 Å². The lowest BCUT2D eigenvalue weighted by Gasteiger charge is -2.32. The highest BCUT2D eigenvalue weighted by molar-refractivity contribution is 5.94. The van der Waals surface area contributed by atoms with Gasteiger partial charge in [0.05, 0.1) is 11.6 Å². The summed E-state index contributed by atoms with van der Waals surface area (Å²) in [6, 6.07) is 11.0. The Hall–Kier alpha value is -2.94. The van der Waals surface area contributed by atoms with Gasteiger partial charge in [-0.05, 0) is 43.2 Å². The number of hydrogen-bond acceptors (Lipinski definition) is 5. The first-order valence-corrected chi connectivity index (χ1v) is 7.58. The smallest absolute Gasteiger partial charge is 0.253 e. The second-order valence-electron chi connectivity index (χ2n) is 5.49. The summed E-state index contributed by atoms with van der Waals surface area (Å²) in [6.45, 7) is 1.42. The molecule has 2 aromatic rings. The molecule has 1 aromatic carbocycles. The van der Waals surface area contributed by atoms with Crippen molar-refractivity contribution in [3.05, 3.63) is 54.0 Å². The molecule has 1 fully saturated rings. The monoisotopic (exact) mass is 307 g/mol. The SMILES string of the molecule is N#Cc1ccc(C(=O)N2CCC(Nc3ccncn3)CC2)cc1. The lowest BCUT2D eigenvalue weighted by atomic mass is 10.0. The van der Waals surface area contributed by atoms with Crippen molar-refractivity contribution in [1.82, 2.24) is 14.9 Å². The maximum atomic E-state index is 12.5. The summed E-state index contributed by atoms with van der Waals surface area (Å²) in [6.07, 6.45) is 4.99. The summed E-state index contributed by atoms with van der Waals surface area (Å²) in [5, 5.41) is 12.2. The number of carbonyl (C=O) groups is 1. The van der Waals surface area contributed by atoms with Crippen LogP contribution in [-0.2, 0) is 0 Å². The zero-order valence-electron chi connectivity index (χ0n) is 12.6. The number of nitrogens with one attached hydrogen (secondary N) is 1. The number of benzene rings is 1. The van der Waals surface area contributed by atoms with Gasteiger partial charge in [-0.25, -0.2) is 9.97 Å². The highest BCUT2D eigenvalue weighted by Gasteiger charge is 2.23. The molecule has 1 aliphatic rings. The first-order valence-electron chi connectivity index (χ1n) is 7.58. The molecule has 0 radical (unpaired) electrons. The van der Waals surface area contributed by atoms with E-state index in [1.54, 1.807) is 30.5 Å². The van der Waals surface area contributed by atoms with Gasteiger partial charge >= 0.3 is 0 Å². The van der Waals surface area contributed by atoms with E-state index in [4.69, 9.17) is 5.26 Å². The number of amides is 1. The average molecular weight is 307 g/mol.